The molecule has 1 amide bonds. The Hall–Kier alpha value is -2.41. The number of nitrogens with zero attached hydrogens (tertiary/aromatic N) is 1. The highest BCUT2D eigenvalue weighted by Crippen LogP contribution is 2.34. The van der Waals surface area contributed by atoms with Gasteiger partial charge in [-0.05, 0) is 49.4 Å². The lowest BCUT2D eigenvalue weighted by atomic mass is 9.89. The summed E-state index contributed by atoms with van der Waals surface area (Å²) in [7, 11) is 0. The van der Waals surface area contributed by atoms with Gasteiger partial charge in [0.05, 0.1) is 5.75 Å². The Morgan fingerprint density at radius 2 is 2.04 bits per heavy atom. The molecular formula is C20H21NO5S. The van der Waals surface area contributed by atoms with Gasteiger partial charge in [-0.3, -0.25) is 9.59 Å². The van der Waals surface area contributed by atoms with E-state index in [1.165, 1.54) is 0 Å². The number of thioether (sulfide) groups is 1. The number of hydrogen-bond donors (Lipinski definition) is 0. The number of amides is 1. The standard InChI is InChI=1S/C20H21NO5S/c1-27-11-15-5-7-17(26-15)20(23)21-8-2-3-14(10-21)19(22)13-4-6-16-18(9-13)25-12-24-16/h4-7,9,14H,2-3,8,10-12H2,1H3/t14-/m0/s1. The highest BCUT2D eigenvalue weighted by atomic mass is 32.2. The molecule has 1 saturated heterocycles. The molecule has 6 nitrogen and oxygen atoms in total. The molecule has 4 rings (SSSR count). The molecule has 142 valence electrons. The minimum Gasteiger partial charge on any atom is -0.455 e. The van der Waals surface area contributed by atoms with Crippen LogP contribution in [-0.4, -0.2) is 42.7 Å². The molecule has 0 aliphatic carbocycles. The zero-order chi connectivity index (χ0) is 18.8. The Bertz CT molecular complexity index is 862. The van der Waals surface area contributed by atoms with Gasteiger partial charge in [0.25, 0.3) is 5.91 Å². The fourth-order valence-corrected chi connectivity index (χ4v) is 3.97. The molecule has 2 aromatic rings. The Kier molecular flexibility index (Phi) is 5.11. The number of ether oxygens (including phenoxy) is 2. The van der Waals surface area contributed by atoms with Crippen molar-refractivity contribution in [3.63, 3.8) is 0 Å². The second-order valence-corrected chi connectivity index (χ2v) is 7.59. The number of hydrogen-bond acceptors (Lipinski definition) is 6. The molecule has 27 heavy (non-hydrogen) atoms. The first-order valence-corrected chi connectivity index (χ1v) is 10.4. The van der Waals surface area contributed by atoms with Gasteiger partial charge in [0.15, 0.2) is 23.0 Å². The average Bonchev–Trinajstić information content (AvgIpc) is 3.36. The first kappa shape index (κ1) is 18.0. The van der Waals surface area contributed by atoms with Crippen LogP contribution in [0.2, 0.25) is 0 Å². The van der Waals surface area contributed by atoms with Gasteiger partial charge < -0.3 is 18.8 Å². The van der Waals surface area contributed by atoms with E-state index in [0.717, 1.165) is 24.4 Å². The van der Waals surface area contributed by atoms with Crippen LogP contribution in [0.25, 0.3) is 0 Å². The predicted molar refractivity (Wildman–Crippen MR) is 101 cm³/mol. The van der Waals surface area contributed by atoms with Gasteiger partial charge in [-0.25, -0.2) is 0 Å². The van der Waals surface area contributed by atoms with Crippen molar-refractivity contribution in [2.75, 3.05) is 26.1 Å². The van der Waals surface area contributed by atoms with Crippen molar-refractivity contribution in [1.82, 2.24) is 4.90 Å². The zero-order valence-corrected chi connectivity index (χ0v) is 15.9. The van der Waals surface area contributed by atoms with E-state index in [1.54, 1.807) is 40.9 Å². The van der Waals surface area contributed by atoms with Crippen LogP contribution in [0.15, 0.2) is 34.7 Å². The van der Waals surface area contributed by atoms with E-state index >= 15 is 0 Å². The fraction of sp³-hybridized carbons (Fsp3) is 0.400. The maximum absolute atomic E-state index is 12.9. The van der Waals surface area contributed by atoms with Gasteiger partial charge in [-0.15, -0.1) is 0 Å². The molecule has 2 aliphatic heterocycles. The van der Waals surface area contributed by atoms with E-state index in [1.807, 2.05) is 12.3 Å². The summed E-state index contributed by atoms with van der Waals surface area (Å²) in [4.78, 5) is 27.4. The quantitative estimate of drug-likeness (QED) is 0.730. The number of Topliss-reactive ketones (excluding diaryl/α,β-unsaturated/α-hetero) is 1. The molecule has 1 aromatic heterocycles. The lowest BCUT2D eigenvalue weighted by Gasteiger charge is -2.31. The van der Waals surface area contributed by atoms with Crippen LogP contribution in [-0.2, 0) is 5.75 Å². The lowest BCUT2D eigenvalue weighted by Crippen LogP contribution is -2.42. The third kappa shape index (κ3) is 3.69. The molecular weight excluding hydrogens is 366 g/mol. The van der Waals surface area contributed by atoms with E-state index in [0.29, 0.717) is 35.9 Å². The Morgan fingerprint density at radius 3 is 2.89 bits per heavy atom. The van der Waals surface area contributed by atoms with Crippen LogP contribution in [0.3, 0.4) is 0 Å². The van der Waals surface area contributed by atoms with Crippen molar-refractivity contribution >= 4 is 23.5 Å². The molecule has 2 aliphatic rings. The van der Waals surface area contributed by atoms with Crippen molar-refractivity contribution < 1.29 is 23.5 Å². The number of carbonyl (C=O) groups is 2. The number of rotatable bonds is 5. The second kappa shape index (κ2) is 7.68. The number of ketones is 1. The number of fused-ring (bicyclic) bond motifs is 1. The van der Waals surface area contributed by atoms with Gasteiger partial charge in [0.2, 0.25) is 6.79 Å². The summed E-state index contributed by atoms with van der Waals surface area (Å²) >= 11 is 1.64. The van der Waals surface area contributed by atoms with Gasteiger partial charge >= 0.3 is 0 Å². The smallest absolute Gasteiger partial charge is 0.289 e. The third-order valence-corrected chi connectivity index (χ3v) is 5.47. The first-order chi connectivity index (χ1) is 13.2. The normalized spacial score (nSPS) is 18.6. The molecule has 1 fully saturated rings. The maximum atomic E-state index is 12.9. The minimum atomic E-state index is -0.219. The highest BCUT2D eigenvalue weighted by molar-refractivity contribution is 7.97. The molecule has 0 unspecified atom stereocenters. The van der Waals surface area contributed by atoms with E-state index in [2.05, 4.69) is 0 Å². The van der Waals surface area contributed by atoms with Crippen LogP contribution < -0.4 is 9.47 Å². The van der Waals surface area contributed by atoms with Crippen LogP contribution >= 0.6 is 11.8 Å². The average molecular weight is 387 g/mol. The molecule has 0 radical (unpaired) electrons. The van der Waals surface area contributed by atoms with Crippen LogP contribution in [0, 0.1) is 5.92 Å². The number of benzene rings is 1. The molecule has 1 atom stereocenters. The van der Waals surface area contributed by atoms with Gasteiger partial charge in [0.1, 0.15) is 5.76 Å². The van der Waals surface area contributed by atoms with E-state index in [-0.39, 0.29) is 24.4 Å². The van der Waals surface area contributed by atoms with Gasteiger partial charge in [-0.2, -0.15) is 11.8 Å². The van der Waals surface area contributed by atoms with E-state index in [9.17, 15) is 9.59 Å². The first-order valence-electron chi connectivity index (χ1n) is 8.96. The van der Waals surface area contributed by atoms with Crippen molar-refractivity contribution in [1.29, 1.82) is 0 Å². The summed E-state index contributed by atoms with van der Waals surface area (Å²) < 4.78 is 16.3. The van der Waals surface area contributed by atoms with Crippen molar-refractivity contribution in [3.8, 4) is 11.5 Å². The Labute approximate surface area is 161 Å². The molecule has 0 bridgehead atoms. The molecule has 0 spiro atoms. The van der Waals surface area contributed by atoms with Crippen LogP contribution in [0.1, 0.15) is 39.5 Å². The van der Waals surface area contributed by atoms with E-state index < -0.39 is 0 Å². The lowest BCUT2D eigenvalue weighted by molar-refractivity contribution is 0.0609. The number of carbonyl (C=O) groups excluding carboxylic acids is 2. The SMILES string of the molecule is CSCc1ccc(C(=O)N2CCC[C@H](C(=O)c3ccc4c(c3)OCO4)C2)o1. The zero-order valence-electron chi connectivity index (χ0n) is 15.1. The summed E-state index contributed by atoms with van der Waals surface area (Å²) in [5.41, 5.74) is 0.596. The van der Waals surface area contributed by atoms with Crippen molar-refractivity contribution in [2.45, 2.75) is 18.6 Å². The number of likely N-dealkylation sites (tertiary alicyclic amines) is 1. The molecule has 0 N–H and O–H groups in total. The predicted octanol–water partition coefficient (Wildman–Crippen LogP) is 3.61. The van der Waals surface area contributed by atoms with Crippen molar-refractivity contribution in [3.05, 3.63) is 47.4 Å². The second-order valence-electron chi connectivity index (χ2n) is 6.72. The van der Waals surface area contributed by atoms with Gasteiger partial charge in [-0.1, -0.05) is 0 Å². The number of furan rings is 1. The maximum Gasteiger partial charge on any atom is 0.289 e. The molecule has 1 aromatic carbocycles. The Balaban J connectivity index is 1.45. The topological polar surface area (TPSA) is 69.0 Å². The third-order valence-electron chi connectivity index (χ3n) is 4.90. The number of piperidine rings is 1. The van der Waals surface area contributed by atoms with Crippen LogP contribution in [0.4, 0.5) is 0 Å². The van der Waals surface area contributed by atoms with Crippen molar-refractivity contribution in [2.24, 2.45) is 5.92 Å². The Morgan fingerprint density at radius 1 is 1.19 bits per heavy atom. The van der Waals surface area contributed by atoms with Gasteiger partial charge in [0, 0.05) is 24.6 Å². The summed E-state index contributed by atoms with van der Waals surface area (Å²) in [5.74, 6) is 2.79. The fourth-order valence-electron chi connectivity index (χ4n) is 3.53. The van der Waals surface area contributed by atoms with E-state index in [4.69, 9.17) is 13.9 Å². The summed E-state index contributed by atoms with van der Waals surface area (Å²) in [6, 6.07) is 8.81. The monoisotopic (exact) mass is 387 g/mol. The van der Waals surface area contributed by atoms with Crippen LogP contribution in [0.5, 0.6) is 11.5 Å². The highest BCUT2D eigenvalue weighted by Gasteiger charge is 2.31. The largest absolute Gasteiger partial charge is 0.455 e. The molecule has 7 heteroatoms. The molecule has 0 saturated carbocycles. The molecule has 3 heterocycles. The minimum absolute atomic E-state index is 0.0355. The summed E-state index contributed by atoms with van der Waals surface area (Å²) in [6.07, 6.45) is 3.55. The summed E-state index contributed by atoms with van der Waals surface area (Å²) in [6.45, 7) is 1.23. The summed E-state index contributed by atoms with van der Waals surface area (Å²) in [5, 5.41) is 0.